The molecule has 0 amide bonds. The normalized spacial score (nSPS) is 12.6. The highest BCUT2D eigenvalue weighted by Gasteiger charge is 2.27. The summed E-state index contributed by atoms with van der Waals surface area (Å²) in [5, 5.41) is 3.08. The third kappa shape index (κ3) is 4.58. The van der Waals surface area contributed by atoms with Crippen molar-refractivity contribution in [3.8, 4) is 0 Å². The zero-order valence-corrected chi connectivity index (χ0v) is 13.7. The van der Waals surface area contributed by atoms with E-state index in [9.17, 15) is 8.42 Å². The van der Waals surface area contributed by atoms with E-state index in [0.29, 0.717) is 4.90 Å². The number of sulfonamides is 1. The van der Waals surface area contributed by atoms with Crippen molar-refractivity contribution >= 4 is 10.0 Å². The predicted octanol–water partition coefficient (Wildman–Crippen LogP) is 2.31. The van der Waals surface area contributed by atoms with Crippen LogP contribution in [0.4, 0.5) is 0 Å². The van der Waals surface area contributed by atoms with Crippen LogP contribution in [0, 0.1) is 0 Å². The second-order valence-corrected chi connectivity index (χ2v) is 7.05. The number of hydrogen-bond acceptors (Lipinski definition) is 3. The zero-order valence-electron chi connectivity index (χ0n) is 12.9. The maximum atomic E-state index is 12.4. The Bertz CT molecular complexity index is 505. The second-order valence-electron chi connectivity index (χ2n) is 5.37. The highest BCUT2D eigenvalue weighted by molar-refractivity contribution is 7.89. The van der Waals surface area contributed by atoms with E-state index in [1.54, 1.807) is 12.1 Å². The molecule has 0 heterocycles. The molecular weight excluding hydrogens is 272 g/mol. The van der Waals surface area contributed by atoms with E-state index in [1.165, 1.54) is 0 Å². The van der Waals surface area contributed by atoms with Gasteiger partial charge in [-0.15, -0.1) is 0 Å². The van der Waals surface area contributed by atoms with E-state index < -0.39 is 10.0 Å². The summed E-state index contributed by atoms with van der Waals surface area (Å²) in [6, 6.07) is 7.11. The average molecular weight is 298 g/mol. The highest BCUT2D eigenvalue weighted by atomic mass is 32.2. The van der Waals surface area contributed by atoms with Crippen molar-refractivity contribution in [2.45, 2.75) is 50.5 Å². The van der Waals surface area contributed by atoms with Gasteiger partial charge in [0.25, 0.3) is 0 Å². The van der Waals surface area contributed by atoms with Gasteiger partial charge < -0.3 is 5.32 Å². The third-order valence-electron chi connectivity index (χ3n) is 3.84. The van der Waals surface area contributed by atoms with Gasteiger partial charge in [0.1, 0.15) is 0 Å². The zero-order chi connectivity index (χ0) is 15.2. The molecule has 1 rings (SSSR count). The summed E-state index contributed by atoms with van der Waals surface area (Å²) in [7, 11) is -1.54. The number of nitrogens with one attached hydrogen (secondary N) is 2. The number of hydrogen-bond donors (Lipinski definition) is 2. The minimum atomic E-state index is -3.45. The van der Waals surface area contributed by atoms with Crippen LogP contribution in [-0.2, 0) is 16.4 Å². The molecule has 0 spiro atoms. The quantitative estimate of drug-likeness (QED) is 0.774. The molecule has 0 aliphatic rings. The van der Waals surface area contributed by atoms with Gasteiger partial charge in [-0.3, -0.25) is 0 Å². The van der Waals surface area contributed by atoms with Crippen molar-refractivity contribution in [1.29, 1.82) is 0 Å². The first kappa shape index (κ1) is 17.1. The Morgan fingerprint density at radius 2 is 1.65 bits per heavy atom. The highest BCUT2D eigenvalue weighted by Crippen LogP contribution is 2.19. The summed E-state index contributed by atoms with van der Waals surface area (Å²) in [6.07, 6.45) is 2.43. The Morgan fingerprint density at radius 1 is 1.10 bits per heavy atom. The maximum Gasteiger partial charge on any atom is 0.241 e. The van der Waals surface area contributed by atoms with Gasteiger partial charge in [0.15, 0.2) is 0 Å². The average Bonchev–Trinajstić information content (AvgIpc) is 2.45. The molecule has 0 saturated heterocycles. The Morgan fingerprint density at radius 3 is 2.10 bits per heavy atom. The summed E-state index contributed by atoms with van der Waals surface area (Å²) >= 11 is 0. The van der Waals surface area contributed by atoms with Gasteiger partial charge in [0, 0.05) is 5.54 Å². The molecule has 5 heteroatoms. The molecule has 114 valence electrons. The maximum absolute atomic E-state index is 12.4. The molecule has 0 fully saturated rings. The Balaban J connectivity index is 2.88. The molecular formula is C15H26N2O2S. The van der Waals surface area contributed by atoms with Crippen LogP contribution in [0.5, 0.6) is 0 Å². The molecule has 0 unspecified atom stereocenters. The van der Waals surface area contributed by atoms with Gasteiger partial charge in [-0.25, -0.2) is 13.1 Å². The molecule has 0 aromatic heterocycles. The Kier molecular flexibility index (Phi) is 6.17. The van der Waals surface area contributed by atoms with E-state index >= 15 is 0 Å². The second kappa shape index (κ2) is 7.20. The van der Waals surface area contributed by atoms with Gasteiger partial charge in [-0.1, -0.05) is 26.0 Å². The number of benzene rings is 1. The van der Waals surface area contributed by atoms with Crippen LogP contribution < -0.4 is 10.0 Å². The topological polar surface area (TPSA) is 58.2 Å². The minimum Gasteiger partial charge on any atom is -0.319 e. The lowest BCUT2D eigenvalue weighted by Crippen LogP contribution is -2.44. The molecule has 20 heavy (non-hydrogen) atoms. The Hall–Kier alpha value is -0.910. The molecule has 0 saturated carbocycles. The molecule has 0 aliphatic carbocycles. The minimum absolute atomic E-state index is 0.332. The van der Waals surface area contributed by atoms with Gasteiger partial charge in [0.05, 0.1) is 4.90 Å². The van der Waals surface area contributed by atoms with Crippen LogP contribution in [0.2, 0.25) is 0 Å². The van der Waals surface area contributed by atoms with Crippen molar-refractivity contribution in [2.75, 3.05) is 13.6 Å². The van der Waals surface area contributed by atoms with E-state index in [0.717, 1.165) is 31.4 Å². The van der Waals surface area contributed by atoms with Crippen molar-refractivity contribution in [3.05, 3.63) is 29.8 Å². The molecule has 1 aromatic rings. The number of rotatable bonds is 8. The smallest absolute Gasteiger partial charge is 0.241 e. The third-order valence-corrected chi connectivity index (χ3v) is 5.49. The van der Waals surface area contributed by atoms with Gasteiger partial charge >= 0.3 is 0 Å². The van der Waals surface area contributed by atoms with Gasteiger partial charge in [-0.05, 0) is 57.5 Å². The molecule has 4 nitrogen and oxygen atoms in total. The fraction of sp³-hybridized carbons (Fsp3) is 0.600. The monoisotopic (exact) mass is 298 g/mol. The number of likely N-dealkylation sites (N-methyl/N-ethyl adjacent to an activating group) is 1. The van der Waals surface area contributed by atoms with Crippen molar-refractivity contribution in [1.82, 2.24) is 10.0 Å². The van der Waals surface area contributed by atoms with E-state index in [4.69, 9.17) is 0 Å². The van der Waals surface area contributed by atoms with Crippen LogP contribution in [0.15, 0.2) is 29.2 Å². The van der Waals surface area contributed by atoms with E-state index in [2.05, 4.69) is 10.0 Å². The largest absolute Gasteiger partial charge is 0.319 e. The first-order valence-electron chi connectivity index (χ1n) is 7.14. The molecule has 0 atom stereocenters. The first-order valence-corrected chi connectivity index (χ1v) is 8.62. The SMILES string of the molecule is CCC(C)(CC)NS(=O)(=O)c1ccc(CCNC)cc1. The molecule has 0 radical (unpaired) electrons. The van der Waals surface area contributed by atoms with Crippen LogP contribution in [0.1, 0.15) is 39.2 Å². The van der Waals surface area contributed by atoms with Gasteiger partial charge in [-0.2, -0.15) is 0 Å². The summed E-state index contributed by atoms with van der Waals surface area (Å²) in [5.74, 6) is 0. The van der Waals surface area contributed by atoms with Crippen molar-refractivity contribution in [3.63, 3.8) is 0 Å². The summed E-state index contributed by atoms with van der Waals surface area (Å²) < 4.78 is 27.5. The van der Waals surface area contributed by atoms with Crippen LogP contribution in [0.25, 0.3) is 0 Å². The Labute approximate surface area is 123 Å². The lowest BCUT2D eigenvalue weighted by Gasteiger charge is -2.27. The lowest BCUT2D eigenvalue weighted by molar-refractivity contribution is 0.388. The van der Waals surface area contributed by atoms with E-state index in [1.807, 2.05) is 40.0 Å². The van der Waals surface area contributed by atoms with Crippen molar-refractivity contribution < 1.29 is 8.42 Å². The van der Waals surface area contributed by atoms with Crippen molar-refractivity contribution in [2.24, 2.45) is 0 Å². The predicted molar refractivity (Wildman–Crippen MR) is 83.4 cm³/mol. The van der Waals surface area contributed by atoms with Gasteiger partial charge in [0.2, 0.25) is 10.0 Å². The fourth-order valence-electron chi connectivity index (χ4n) is 1.88. The molecule has 0 aliphatic heterocycles. The first-order chi connectivity index (χ1) is 9.37. The molecule has 2 N–H and O–H groups in total. The van der Waals surface area contributed by atoms with Crippen LogP contribution >= 0.6 is 0 Å². The summed E-state index contributed by atoms with van der Waals surface area (Å²) in [5.41, 5.74) is 0.746. The van der Waals surface area contributed by atoms with E-state index in [-0.39, 0.29) is 5.54 Å². The van der Waals surface area contributed by atoms with Crippen LogP contribution in [0.3, 0.4) is 0 Å². The summed E-state index contributed by atoms with van der Waals surface area (Å²) in [6.45, 7) is 6.81. The molecule has 1 aromatic carbocycles. The standard InChI is InChI=1S/C15H26N2O2S/c1-5-15(3,6-2)17-20(18,19)14-9-7-13(8-10-14)11-12-16-4/h7-10,16-17H,5-6,11-12H2,1-4H3. The summed E-state index contributed by atoms with van der Waals surface area (Å²) in [4.78, 5) is 0.332. The fourth-order valence-corrected chi connectivity index (χ4v) is 3.43. The molecule has 0 bridgehead atoms. The van der Waals surface area contributed by atoms with Crippen LogP contribution in [-0.4, -0.2) is 27.5 Å². The lowest BCUT2D eigenvalue weighted by atomic mass is 9.98.